The number of aliphatic hydroxyl groups is 1. The van der Waals surface area contributed by atoms with Crippen LogP contribution in [0.3, 0.4) is 0 Å². The molecular weight excluding hydrogens is 492 g/mol. The average Bonchev–Trinajstić information content (AvgIpc) is 2.86. The summed E-state index contributed by atoms with van der Waals surface area (Å²) in [5.74, 6) is -1.14. The smallest absolute Gasteiger partial charge is 0.337 e. The Morgan fingerprint density at radius 1 is 1.00 bits per heavy atom. The normalized spacial score (nSPS) is 9.36. The van der Waals surface area contributed by atoms with Crippen molar-refractivity contribution >= 4 is 39.2 Å². The number of amides is 1. The highest BCUT2D eigenvalue weighted by atomic mass is 79.9. The molecule has 174 valence electrons. The van der Waals surface area contributed by atoms with Crippen molar-refractivity contribution in [1.82, 2.24) is 0 Å². The molecule has 1 amide bonds. The summed E-state index contributed by atoms with van der Waals surface area (Å²) in [4.78, 5) is 34.7. The van der Waals surface area contributed by atoms with Gasteiger partial charge < -0.3 is 20.3 Å². The molecule has 8 nitrogen and oxygen atoms in total. The molecule has 0 fully saturated rings. The summed E-state index contributed by atoms with van der Waals surface area (Å²) < 4.78 is 6.30. The Labute approximate surface area is 200 Å². The molecule has 9 heteroatoms. The number of carboxylic acids is 1. The number of aliphatic hydroxyl groups excluding tert-OH is 1. The first-order valence-electron chi connectivity index (χ1n) is 9.95. The largest absolute Gasteiger partial charge is 0.489 e. The van der Waals surface area contributed by atoms with E-state index < -0.39 is 11.9 Å². The second kappa shape index (κ2) is 14.5. The van der Waals surface area contributed by atoms with E-state index in [9.17, 15) is 19.6 Å². The zero-order valence-electron chi connectivity index (χ0n) is 18.5. The van der Waals surface area contributed by atoms with Gasteiger partial charge in [0.15, 0.2) is 0 Å². The van der Waals surface area contributed by atoms with E-state index in [2.05, 4.69) is 21.2 Å². The monoisotopic (exact) mass is 517 g/mol. The predicted octanol–water partition coefficient (Wildman–Crippen LogP) is 4.09. The lowest BCUT2D eigenvalue weighted by Gasteiger charge is -2.11. The molecule has 0 saturated heterocycles. The maximum absolute atomic E-state index is 12.6. The van der Waals surface area contributed by atoms with Crippen molar-refractivity contribution in [1.29, 1.82) is 0 Å². The van der Waals surface area contributed by atoms with Crippen LogP contribution in [0.1, 0.15) is 40.1 Å². The number of aromatic carboxylic acids is 1. The van der Waals surface area contributed by atoms with Crippen LogP contribution in [0.5, 0.6) is 5.75 Å². The highest BCUT2D eigenvalue weighted by molar-refractivity contribution is 9.10. The molecule has 0 spiro atoms. The second-order valence-electron chi connectivity index (χ2n) is 6.07. The first-order valence-corrected chi connectivity index (χ1v) is 10.7. The van der Waals surface area contributed by atoms with Crippen molar-refractivity contribution in [3.63, 3.8) is 0 Å². The number of nitrogens with one attached hydrogen (secondary N) is 2. The number of carboxylic acid groups (broad SMARTS) is 1. The SMILES string of the molecule is CC.CO.O=[NH+]c1cccc(COc2cccc(C(=O)Nc3ccc(Br)cc3C(=O)O)c2)c1. The molecule has 0 aromatic heterocycles. The van der Waals surface area contributed by atoms with E-state index in [0.29, 0.717) is 21.5 Å². The minimum absolute atomic E-state index is 0.0213. The van der Waals surface area contributed by atoms with E-state index >= 15 is 0 Å². The van der Waals surface area contributed by atoms with Crippen LogP contribution in [0.25, 0.3) is 0 Å². The number of nitroso groups, excluding NO2 is 1. The fourth-order valence-corrected chi connectivity index (χ4v) is 2.98. The van der Waals surface area contributed by atoms with Gasteiger partial charge in [-0.05, 0) is 42.0 Å². The fraction of sp³-hybridized carbons (Fsp3) is 0.167. The quantitative estimate of drug-likeness (QED) is 0.373. The van der Waals surface area contributed by atoms with Crippen LogP contribution in [0.4, 0.5) is 11.4 Å². The van der Waals surface area contributed by atoms with Gasteiger partial charge in [0, 0.05) is 39.4 Å². The van der Waals surface area contributed by atoms with Crippen LogP contribution in [0.2, 0.25) is 0 Å². The molecule has 0 saturated carbocycles. The van der Waals surface area contributed by atoms with Crippen LogP contribution in [0, 0.1) is 4.91 Å². The molecule has 0 aliphatic carbocycles. The number of carbonyl (C=O) groups excluding carboxylic acids is 1. The fourth-order valence-electron chi connectivity index (χ4n) is 2.62. The number of anilines is 1. The number of carbonyl (C=O) groups is 2. The summed E-state index contributed by atoms with van der Waals surface area (Å²) >= 11 is 3.22. The van der Waals surface area contributed by atoms with Crippen molar-refractivity contribution in [3.8, 4) is 5.75 Å². The third-order valence-corrected chi connectivity index (χ3v) is 4.50. The molecule has 4 N–H and O–H groups in total. The lowest BCUT2D eigenvalue weighted by atomic mass is 10.1. The number of hydrogen-bond donors (Lipinski definition) is 4. The number of ether oxygens (including phenoxy) is 1. The first-order chi connectivity index (χ1) is 16.0. The molecule has 0 atom stereocenters. The molecular formula is C24H26BrN2O6+. The van der Waals surface area contributed by atoms with E-state index in [1.807, 2.05) is 25.1 Å². The minimum Gasteiger partial charge on any atom is -0.489 e. The standard InChI is InChI=1S/C21H15BrN2O5.C2H6.CH4O/c22-15-7-8-19(18(11-15)21(26)27)23-20(25)14-4-2-6-17(10-14)29-12-13-3-1-5-16(9-13)24-28;2*1-2/h1-11H,12H2,(H,23,25)(H,26,27);1-2H3;2H,1H3/p+1. The Morgan fingerprint density at radius 2 is 1.70 bits per heavy atom. The molecule has 3 aromatic carbocycles. The molecule has 3 rings (SSSR count). The number of hydrogen-bond acceptors (Lipinski definition) is 5. The van der Waals surface area contributed by atoms with E-state index in [0.717, 1.165) is 12.7 Å². The minimum atomic E-state index is -1.14. The molecule has 0 aliphatic rings. The van der Waals surface area contributed by atoms with Gasteiger partial charge in [-0.15, -0.1) is 0 Å². The Hall–Kier alpha value is -3.56. The van der Waals surface area contributed by atoms with Crippen molar-refractivity contribution < 1.29 is 29.7 Å². The summed E-state index contributed by atoms with van der Waals surface area (Å²) in [6.07, 6.45) is 0. The first kappa shape index (κ1) is 27.5. The molecule has 0 heterocycles. The van der Waals surface area contributed by atoms with Crippen molar-refractivity contribution in [2.45, 2.75) is 20.5 Å². The van der Waals surface area contributed by atoms with Gasteiger partial charge in [0.05, 0.1) is 11.3 Å². The van der Waals surface area contributed by atoms with Crippen molar-refractivity contribution in [2.75, 3.05) is 12.4 Å². The topological polar surface area (TPSA) is 127 Å². The Bertz CT molecular complexity index is 1090. The van der Waals surface area contributed by atoms with Gasteiger partial charge in [0.1, 0.15) is 12.4 Å². The number of halogens is 1. The Kier molecular flexibility index (Phi) is 12.1. The summed E-state index contributed by atoms with van der Waals surface area (Å²) in [7, 11) is 1.00. The van der Waals surface area contributed by atoms with E-state index in [1.54, 1.807) is 48.5 Å². The number of benzene rings is 3. The van der Waals surface area contributed by atoms with Gasteiger partial charge in [-0.3, -0.25) is 4.79 Å². The Morgan fingerprint density at radius 3 is 2.36 bits per heavy atom. The highest BCUT2D eigenvalue weighted by Gasteiger charge is 2.14. The average molecular weight is 518 g/mol. The molecule has 0 radical (unpaired) electrons. The molecule has 0 bridgehead atoms. The lowest BCUT2D eigenvalue weighted by Crippen LogP contribution is -2.55. The van der Waals surface area contributed by atoms with Crippen LogP contribution in [-0.2, 0) is 6.61 Å². The second-order valence-corrected chi connectivity index (χ2v) is 6.98. The molecule has 33 heavy (non-hydrogen) atoms. The zero-order valence-corrected chi connectivity index (χ0v) is 20.0. The van der Waals surface area contributed by atoms with Gasteiger partial charge >= 0.3 is 5.97 Å². The van der Waals surface area contributed by atoms with Gasteiger partial charge in [-0.2, -0.15) is 0 Å². The maximum Gasteiger partial charge on any atom is 0.337 e. The van der Waals surface area contributed by atoms with Gasteiger partial charge in [-0.1, -0.05) is 48.0 Å². The Balaban J connectivity index is 0.00000129. The summed E-state index contributed by atoms with van der Waals surface area (Å²) in [6.45, 7) is 4.22. The third kappa shape index (κ3) is 8.47. The van der Waals surface area contributed by atoms with Gasteiger partial charge in [0.25, 0.3) is 11.6 Å². The summed E-state index contributed by atoms with van der Waals surface area (Å²) in [5, 5.41) is 20.8. The van der Waals surface area contributed by atoms with Crippen LogP contribution < -0.4 is 15.2 Å². The maximum atomic E-state index is 12.6. The van der Waals surface area contributed by atoms with Gasteiger partial charge in [-0.25, -0.2) is 4.79 Å². The predicted molar refractivity (Wildman–Crippen MR) is 130 cm³/mol. The highest BCUT2D eigenvalue weighted by Crippen LogP contribution is 2.23. The molecule has 0 aliphatic heterocycles. The number of rotatable bonds is 7. The van der Waals surface area contributed by atoms with Crippen LogP contribution >= 0.6 is 15.9 Å². The van der Waals surface area contributed by atoms with E-state index in [4.69, 9.17) is 9.84 Å². The van der Waals surface area contributed by atoms with Crippen LogP contribution in [0.15, 0.2) is 71.2 Å². The van der Waals surface area contributed by atoms with Gasteiger partial charge in [0.2, 0.25) is 0 Å². The lowest BCUT2D eigenvalue weighted by molar-refractivity contribution is -0.379. The van der Waals surface area contributed by atoms with Crippen LogP contribution in [-0.4, -0.2) is 29.2 Å². The van der Waals surface area contributed by atoms with Crippen molar-refractivity contribution in [3.05, 3.63) is 92.8 Å². The summed E-state index contributed by atoms with van der Waals surface area (Å²) in [5.41, 5.74) is 1.72. The van der Waals surface area contributed by atoms with Crippen molar-refractivity contribution in [2.24, 2.45) is 0 Å². The molecule has 0 unspecified atom stereocenters. The third-order valence-electron chi connectivity index (χ3n) is 4.01. The molecule has 3 aromatic rings. The zero-order chi connectivity index (χ0) is 24.8. The van der Waals surface area contributed by atoms with E-state index in [-0.39, 0.29) is 17.9 Å². The van der Waals surface area contributed by atoms with E-state index in [1.165, 1.54) is 12.1 Å². The summed E-state index contributed by atoms with van der Waals surface area (Å²) in [6, 6.07) is 18.0.